The van der Waals surface area contributed by atoms with Crippen LogP contribution in [-0.4, -0.2) is 23.0 Å². The maximum absolute atomic E-state index is 11.8. The molecule has 1 amide bonds. The van der Waals surface area contributed by atoms with Crippen molar-refractivity contribution in [3.63, 3.8) is 0 Å². The lowest BCUT2D eigenvalue weighted by Gasteiger charge is -2.13. The van der Waals surface area contributed by atoms with Crippen molar-refractivity contribution in [1.29, 1.82) is 0 Å². The van der Waals surface area contributed by atoms with Gasteiger partial charge in [0.1, 0.15) is 0 Å². The molecule has 0 aliphatic carbocycles. The molecule has 1 atom stereocenters. The number of carboxylic acids is 1. The van der Waals surface area contributed by atoms with E-state index in [4.69, 9.17) is 5.11 Å². The topological polar surface area (TPSA) is 66.4 Å². The van der Waals surface area contributed by atoms with Crippen molar-refractivity contribution < 1.29 is 14.7 Å². The number of carbonyl (C=O) groups excluding carboxylic acids is 1. The third-order valence-electron chi connectivity index (χ3n) is 2.72. The molecule has 4 nitrogen and oxygen atoms in total. The van der Waals surface area contributed by atoms with Crippen LogP contribution < -0.4 is 5.32 Å². The van der Waals surface area contributed by atoms with Gasteiger partial charge in [0.25, 0.3) is 5.91 Å². The Morgan fingerprint density at radius 1 is 1.28 bits per heavy atom. The van der Waals surface area contributed by atoms with Crippen LogP contribution in [-0.2, 0) is 4.79 Å². The first-order chi connectivity index (χ1) is 8.49. The SMILES string of the molecule is Cc1ccc(C(=O)NC(C)CCCC(=O)O)cc1. The van der Waals surface area contributed by atoms with Crippen molar-refractivity contribution in [2.24, 2.45) is 0 Å². The van der Waals surface area contributed by atoms with Crippen molar-refractivity contribution in [2.75, 3.05) is 0 Å². The number of carboxylic acid groups (broad SMARTS) is 1. The molecule has 2 N–H and O–H groups in total. The monoisotopic (exact) mass is 249 g/mol. The lowest BCUT2D eigenvalue weighted by Crippen LogP contribution is -2.32. The van der Waals surface area contributed by atoms with Gasteiger partial charge in [-0.2, -0.15) is 0 Å². The highest BCUT2D eigenvalue weighted by atomic mass is 16.4. The largest absolute Gasteiger partial charge is 0.481 e. The summed E-state index contributed by atoms with van der Waals surface area (Å²) in [5, 5.41) is 11.4. The number of amides is 1. The van der Waals surface area contributed by atoms with Gasteiger partial charge in [-0.1, -0.05) is 17.7 Å². The molecule has 1 unspecified atom stereocenters. The highest BCUT2D eigenvalue weighted by molar-refractivity contribution is 5.94. The first-order valence-electron chi connectivity index (χ1n) is 6.08. The quantitative estimate of drug-likeness (QED) is 0.813. The Kier molecular flexibility index (Phi) is 5.36. The molecule has 98 valence electrons. The van der Waals surface area contributed by atoms with E-state index in [9.17, 15) is 9.59 Å². The molecule has 0 aromatic heterocycles. The molecule has 1 rings (SSSR count). The summed E-state index contributed by atoms with van der Waals surface area (Å²) in [5.74, 6) is -0.912. The molecule has 0 spiro atoms. The fraction of sp³-hybridized carbons (Fsp3) is 0.429. The van der Waals surface area contributed by atoms with Gasteiger partial charge in [-0.15, -0.1) is 0 Å². The van der Waals surface area contributed by atoms with Crippen LogP contribution in [0.3, 0.4) is 0 Å². The molecule has 1 aromatic carbocycles. The summed E-state index contributed by atoms with van der Waals surface area (Å²) in [6.45, 7) is 3.85. The molecule has 0 heterocycles. The molecular formula is C14H19NO3. The number of rotatable bonds is 6. The standard InChI is InChI=1S/C14H19NO3/c1-10-6-8-12(9-7-10)14(18)15-11(2)4-3-5-13(16)17/h6-9,11H,3-5H2,1-2H3,(H,15,18)(H,16,17). The van der Waals surface area contributed by atoms with Crippen molar-refractivity contribution in [1.82, 2.24) is 5.32 Å². The van der Waals surface area contributed by atoms with Crippen molar-refractivity contribution in [3.8, 4) is 0 Å². The van der Waals surface area contributed by atoms with Gasteiger partial charge >= 0.3 is 5.97 Å². The van der Waals surface area contributed by atoms with Gasteiger partial charge in [-0.05, 0) is 38.8 Å². The maximum Gasteiger partial charge on any atom is 0.303 e. The second-order valence-electron chi connectivity index (χ2n) is 4.53. The second kappa shape index (κ2) is 6.79. The van der Waals surface area contributed by atoms with Crippen LogP contribution in [0.25, 0.3) is 0 Å². The van der Waals surface area contributed by atoms with Crippen LogP contribution in [0.2, 0.25) is 0 Å². The minimum Gasteiger partial charge on any atom is -0.481 e. The third-order valence-corrected chi connectivity index (χ3v) is 2.72. The Labute approximate surface area is 107 Å². The number of benzene rings is 1. The smallest absolute Gasteiger partial charge is 0.303 e. The predicted octanol–water partition coefficient (Wildman–Crippen LogP) is 2.37. The molecule has 0 bridgehead atoms. The lowest BCUT2D eigenvalue weighted by atomic mass is 10.1. The summed E-state index contributed by atoms with van der Waals surface area (Å²) in [4.78, 5) is 22.2. The molecule has 0 fully saturated rings. The zero-order valence-corrected chi connectivity index (χ0v) is 10.8. The average molecular weight is 249 g/mol. The molecular weight excluding hydrogens is 230 g/mol. The number of aliphatic carboxylic acids is 1. The number of aryl methyl sites for hydroxylation is 1. The molecule has 0 saturated carbocycles. The molecule has 4 heteroatoms. The summed E-state index contributed by atoms with van der Waals surface area (Å²) in [7, 11) is 0. The second-order valence-corrected chi connectivity index (χ2v) is 4.53. The molecule has 0 saturated heterocycles. The van der Waals surface area contributed by atoms with Crippen LogP contribution >= 0.6 is 0 Å². The highest BCUT2D eigenvalue weighted by Crippen LogP contribution is 2.05. The molecule has 0 aliphatic heterocycles. The van der Waals surface area contributed by atoms with Gasteiger partial charge in [0.2, 0.25) is 0 Å². The van der Waals surface area contributed by atoms with E-state index in [1.54, 1.807) is 12.1 Å². The first-order valence-corrected chi connectivity index (χ1v) is 6.08. The number of carbonyl (C=O) groups is 2. The summed E-state index contributed by atoms with van der Waals surface area (Å²) >= 11 is 0. The fourth-order valence-electron chi connectivity index (χ4n) is 1.64. The van der Waals surface area contributed by atoms with Gasteiger partial charge < -0.3 is 10.4 Å². The Balaban J connectivity index is 2.39. The first kappa shape index (κ1) is 14.2. The van der Waals surface area contributed by atoms with Crippen molar-refractivity contribution in [3.05, 3.63) is 35.4 Å². The minimum atomic E-state index is -0.799. The molecule has 0 aliphatic rings. The molecule has 0 radical (unpaired) electrons. The van der Waals surface area contributed by atoms with E-state index >= 15 is 0 Å². The van der Waals surface area contributed by atoms with Crippen LogP contribution in [0.15, 0.2) is 24.3 Å². The summed E-state index contributed by atoms with van der Waals surface area (Å²) < 4.78 is 0. The Hall–Kier alpha value is -1.84. The molecule has 18 heavy (non-hydrogen) atoms. The van der Waals surface area contributed by atoms with Crippen LogP contribution in [0, 0.1) is 6.92 Å². The average Bonchev–Trinajstić information content (AvgIpc) is 2.29. The van der Waals surface area contributed by atoms with Gasteiger partial charge in [0.05, 0.1) is 0 Å². The van der Waals surface area contributed by atoms with Crippen LogP contribution in [0.1, 0.15) is 42.1 Å². The van der Waals surface area contributed by atoms with Crippen LogP contribution in [0.5, 0.6) is 0 Å². The van der Waals surface area contributed by atoms with Gasteiger partial charge in [-0.3, -0.25) is 9.59 Å². The van der Waals surface area contributed by atoms with E-state index in [1.807, 2.05) is 26.0 Å². The number of hydrogen-bond acceptors (Lipinski definition) is 2. The third kappa shape index (κ3) is 4.99. The van der Waals surface area contributed by atoms with Gasteiger partial charge in [0.15, 0.2) is 0 Å². The van der Waals surface area contributed by atoms with Gasteiger partial charge in [0, 0.05) is 18.0 Å². The predicted molar refractivity (Wildman–Crippen MR) is 69.6 cm³/mol. The fourth-order valence-corrected chi connectivity index (χ4v) is 1.64. The van der Waals surface area contributed by atoms with E-state index in [1.165, 1.54) is 0 Å². The number of hydrogen-bond donors (Lipinski definition) is 2. The zero-order chi connectivity index (χ0) is 13.5. The van der Waals surface area contributed by atoms with E-state index in [0.29, 0.717) is 18.4 Å². The number of nitrogens with one attached hydrogen (secondary N) is 1. The van der Waals surface area contributed by atoms with Gasteiger partial charge in [-0.25, -0.2) is 0 Å². The van der Waals surface area contributed by atoms with E-state index < -0.39 is 5.97 Å². The maximum atomic E-state index is 11.8. The Morgan fingerprint density at radius 3 is 2.44 bits per heavy atom. The lowest BCUT2D eigenvalue weighted by molar-refractivity contribution is -0.137. The normalized spacial score (nSPS) is 11.9. The van der Waals surface area contributed by atoms with E-state index in [0.717, 1.165) is 5.56 Å². The summed E-state index contributed by atoms with van der Waals surface area (Å²) in [6.07, 6.45) is 1.39. The Bertz CT molecular complexity index is 412. The Morgan fingerprint density at radius 2 is 1.89 bits per heavy atom. The van der Waals surface area contributed by atoms with Crippen molar-refractivity contribution >= 4 is 11.9 Å². The van der Waals surface area contributed by atoms with Crippen LogP contribution in [0.4, 0.5) is 0 Å². The molecule has 1 aromatic rings. The van der Waals surface area contributed by atoms with E-state index in [2.05, 4.69) is 5.32 Å². The van der Waals surface area contributed by atoms with Crippen molar-refractivity contribution in [2.45, 2.75) is 39.2 Å². The summed E-state index contributed by atoms with van der Waals surface area (Å²) in [5.41, 5.74) is 1.74. The minimum absolute atomic E-state index is 0.0156. The van der Waals surface area contributed by atoms with E-state index in [-0.39, 0.29) is 18.4 Å². The zero-order valence-electron chi connectivity index (χ0n) is 10.8. The summed E-state index contributed by atoms with van der Waals surface area (Å²) in [6, 6.07) is 7.34. The highest BCUT2D eigenvalue weighted by Gasteiger charge is 2.09.